The average Bonchev–Trinajstić information content (AvgIpc) is 3.08. The Kier molecular flexibility index (Phi) is 7.04. The second-order valence-electron chi connectivity index (χ2n) is 6.99. The van der Waals surface area contributed by atoms with Crippen molar-refractivity contribution in [3.8, 4) is 5.88 Å². The van der Waals surface area contributed by atoms with Gasteiger partial charge in [0.1, 0.15) is 6.10 Å². The molecule has 1 aliphatic carbocycles. The van der Waals surface area contributed by atoms with Crippen LogP contribution in [-0.2, 0) is 13.1 Å². The summed E-state index contributed by atoms with van der Waals surface area (Å²) < 4.78 is 6.07. The van der Waals surface area contributed by atoms with Crippen molar-refractivity contribution >= 4 is 17.3 Å². The number of nitrogens with zero attached hydrogens (tertiary/aromatic N) is 4. The summed E-state index contributed by atoms with van der Waals surface area (Å²) in [6.07, 6.45) is 8.24. The van der Waals surface area contributed by atoms with Crippen LogP contribution >= 0.6 is 11.3 Å². The summed E-state index contributed by atoms with van der Waals surface area (Å²) in [4.78, 5) is 15.4. The zero-order chi connectivity index (χ0) is 19.1. The first-order valence-electron chi connectivity index (χ1n) is 9.58. The molecule has 0 amide bonds. The summed E-state index contributed by atoms with van der Waals surface area (Å²) >= 11 is 1.67. The molecular weight excluding hydrogens is 358 g/mol. The highest BCUT2D eigenvalue weighted by molar-refractivity contribution is 7.09. The highest BCUT2D eigenvalue weighted by atomic mass is 32.1. The molecule has 1 saturated carbocycles. The van der Waals surface area contributed by atoms with E-state index in [0.717, 1.165) is 47.5 Å². The summed E-state index contributed by atoms with van der Waals surface area (Å²) in [6, 6.07) is 4.04. The number of nitrogens with one attached hydrogen (secondary N) is 1. The van der Waals surface area contributed by atoms with Gasteiger partial charge in [0.2, 0.25) is 5.88 Å². The van der Waals surface area contributed by atoms with Crippen LogP contribution in [0.4, 0.5) is 0 Å². The Labute approximate surface area is 165 Å². The fourth-order valence-electron chi connectivity index (χ4n) is 3.34. The van der Waals surface area contributed by atoms with E-state index in [0.29, 0.717) is 12.6 Å². The van der Waals surface area contributed by atoms with E-state index in [9.17, 15) is 0 Å². The zero-order valence-corrected chi connectivity index (χ0v) is 17.3. The number of aliphatic imine (C=N–C) groups is 1. The van der Waals surface area contributed by atoms with Crippen molar-refractivity contribution in [2.75, 3.05) is 14.1 Å². The van der Waals surface area contributed by atoms with E-state index in [1.54, 1.807) is 18.4 Å². The van der Waals surface area contributed by atoms with Gasteiger partial charge in [-0.15, -0.1) is 11.3 Å². The molecule has 0 spiro atoms. The van der Waals surface area contributed by atoms with E-state index in [1.807, 2.05) is 32.3 Å². The summed E-state index contributed by atoms with van der Waals surface area (Å²) in [5, 5.41) is 6.59. The first kappa shape index (κ1) is 19.6. The van der Waals surface area contributed by atoms with E-state index in [1.165, 1.54) is 19.3 Å². The van der Waals surface area contributed by atoms with Crippen molar-refractivity contribution in [3.63, 3.8) is 0 Å². The number of hydrogen-bond acceptors (Lipinski definition) is 5. The Morgan fingerprint density at radius 3 is 2.89 bits per heavy atom. The largest absolute Gasteiger partial charge is 0.474 e. The molecule has 2 aromatic rings. The van der Waals surface area contributed by atoms with Gasteiger partial charge in [-0.05, 0) is 44.2 Å². The lowest BCUT2D eigenvalue weighted by Crippen LogP contribution is -2.38. The third-order valence-electron chi connectivity index (χ3n) is 4.73. The van der Waals surface area contributed by atoms with Crippen molar-refractivity contribution in [2.45, 2.75) is 58.2 Å². The number of aryl methyl sites for hydroxylation is 1. The van der Waals surface area contributed by atoms with Gasteiger partial charge in [-0.25, -0.2) is 9.97 Å². The first-order valence-corrected chi connectivity index (χ1v) is 10.5. The molecule has 3 rings (SSSR count). The van der Waals surface area contributed by atoms with Gasteiger partial charge in [0.05, 0.1) is 17.2 Å². The van der Waals surface area contributed by atoms with Crippen molar-refractivity contribution in [2.24, 2.45) is 4.99 Å². The SMILES string of the molecule is CN=C(NCc1ccnc(OC2CCCCC2)c1)N(C)Cc1csc(C)n1. The lowest BCUT2D eigenvalue weighted by Gasteiger charge is -2.23. The quantitative estimate of drug-likeness (QED) is 0.604. The van der Waals surface area contributed by atoms with Crippen LogP contribution in [0.3, 0.4) is 0 Å². The highest BCUT2D eigenvalue weighted by Crippen LogP contribution is 2.22. The van der Waals surface area contributed by atoms with Gasteiger partial charge in [0.15, 0.2) is 5.96 Å². The van der Waals surface area contributed by atoms with Crippen LogP contribution < -0.4 is 10.1 Å². The first-order chi connectivity index (χ1) is 13.1. The van der Waals surface area contributed by atoms with E-state index in [2.05, 4.69) is 30.6 Å². The van der Waals surface area contributed by atoms with Crippen molar-refractivity contribution in [1.29, 1.82) is 0 Å². The number of rotatable bonds is 6. The van der Waals surface area contributed by atoms with E-state index in [4.69, 9.17) is 4.74 Å². The minimum Gasteiger partial charge on any atom is -0.474 e. The summed E-state index contributed by atoms with van der Waals surface area (Å²) in [5.41, 5.74) is 2.20. The molecule has 2 heterocycles. The number of thiazole rings is 1. The molecule has 0 saturated heterocycles. The Morgan fingerprint density at radius 2 is 2.19 bits per heavy atom. The van der Waals surface area contributed by atoms with E-state index in [-0.39, 0.29) is 0 Å². The van der Waals surface area contributed by atoms with Crippen LogP contribution in [0.1, 0.15) is 48.4 Å². The smallest absolute Gasteiger partial charge is 0.213 e. The predicted molar refractivity (Wildman–Crippen MR) is 110 cm³/mol. The lowest BCUT2D eigenvalue weighted by molar-refractivity contribution is 0.148. The van der Waals surface area contributed by atoms with Gasteiger partial charge in [-0.1, -0.05) is 6.42 Å². The van der Waals surface area contributed by atoms with Gasteiger partial charge < -0.3 is 15.0 Å². The molecule has 6 nitrogen and oxygen atoms in total. The van der Waals surface area contributed by atoms with E-state index >= 15 is 0 Å². The molecule has 0 unspecified atom stereocenters. The number of guanidine groups is 1. The second kappa shape index (κ2) is 9.69. The van der Waals surface area contributed by atoms with Crippen LogP contribution in [0.5, 0.6) is 5.88 Å². The van der Waals surface area contributed by atoms with Crippen LogP contribution in [-0.4, -0.2) is 41.0 Å². The molecule has 27 heavy (non-hydrogen) atoms. The van der Waals surface area contributed by atoms with Crippen LogP contribution in [0.2, 0.25) is 0 Å². The minimum atomic E-state index is 0.315. The Balaban J connectivity index is 1.53. The third kappa shape index (κ3) is 5.92. The topological polar surface area (TPSA) is 62.6 Å². The summed E-state index contributed by atoms with van der Waals surface area (Å²) in [6.45, 7) is 3.44. The number of ether oxygens (including phenoxy) is 1. The molecule has 0 aromatic carbocycles. The fourth-order valence-corrected chi connectivity index (χ4v) is 3.95. The maximum absolute atomic E-state index is 6.07. The maximum atomic E-state index is 6.07. The maximum Gasteiger partial charge on any atom is 0.213 e. The van der Waals surface area contributed by atoms with Gasteiger partial charge in [-0.3, -0.25) is 4.99 Å². The fraction of sp³-hybridized carbons (Fsp3) is 0.550. The standard InChI is InChI=1S/C20H29N5OS/c1-15-24-17(14-27-15)13-25(3)20(21-2)23-12-16-9-10-22-19(11-16)26-18-7-5-4-6-8-18/h9-11,14,18H,4-8,12-13H2,1-3H3,(H,21,23). The molecule has 0 atom stereocenters. The Morgan fingerprint density at radius 1 is 1.37 bits per heavy atom. The molecule has 146 valence electrons. The highest BCUT2D eigenvalue weighted by Gasteiger charge is 2.15. The minimum absolute atomic E-state index is 0.315. The molecule has 1 aliphatic rings. The van der Waals surface area contributed by atoms with Gasteiger partial charge in [-0.2, -0.15) is 0 Å². The Bertz CT molecular complexity index is 754. The van der Waals surface area contributed by atoms with Crippen LogP contribution in [0.15, 0.2) is 28.7 Å². The van der Waals surface area contributed by atoms with Crippen LogP contribution in [0, 0.1) is 6.92 Å². The summed E-state index contributed by atoms with van der Waals surface area (Å²) in [7, 11) is 3.82. The number of hydrogen-bond donors (Lipinski definition) is 1. The van der Waals surface area contributed by atoms with Gasteiger partial charge >= 0.3 is 0 Å². The Hall–Kier alpha value is -2.15. The van der Waals surface area contributed by atoms with Gasteiger partial charge in [0, 0.05) is 38.3 Å². The van der Waals surface area contributed by atoms with Crippen LogP contribution in [0.25, 0.3) is 0 Å². The normalized spacial score (nSPS) is 15.6. The van der Waals surface area contributed by atoms with Gasteiger partial charge in [0.25, 0.3) is 0 Å². The molecule has 1 fully saturated rings. The van der Waals surface area contributed by atoms with E-state index < -0.39 is 0 Å². The van der Waals surface area contributed by atoms with Crippen molar-refractivity contribution in [3.05, 3.63) is 40.0 Å². The lowest BCUT2D eigenvalue weighted by atomic mass is 9.98. The molecule has 0 aliphatic heterocycles. The molecule has 0 radical (unpaired) electrons. The monoisotopic (exact) mass is 387 g/mol. The molecule has 2 aromatic heterocycles. The van der Waals surface area contributed by atoms with Crippen molar-refractivity contribution < 1.29 is 4.74 Å². The second-order valence-corrected chi connectivity index (χ2v) is 8.06. The average molecular weight is 388 g/mol. The molecule has 7 heteroatoms. The third-order valence-corrected chi connectivity index (χ3v) is 5.55. The molecular formula is C20H29N5OS. The summed E-state index contributed by atoms with van der Waals surface area (Å²) in [5.74, 6) is 1.56. The van der Waals surface area contributed by atoms with Crippen molar-refractivity contribution in [1.82, 2.24) is 20.2 Å². The number of aromatic nitrogens is 2. The zero-order valence-electron chi connectivity index (χ0n) is 16.4. The molecule has 0 bridgehead atoms. The number of pyridine rings is 1. The molecule has 1 N–H and O–H groups in total. The predicted octanol–water partition coefficient (Wildman–Crippen LogP) is 3.77.